The summed E-state index contributed by atoms with van der Waals surface area (Å²) in [5.74, 6) is 1.80. The molecule has 1 fully saturated rings. The molecule has 0 saturated carbocycles. The lowest BCUT2D eigenvalue weighted by atomic mass is 9.98. The fourth-order valence-corrected chi connectivity index (χ4v) is 3.58. The number of hydrogen-bond donors (Lipinski definition) is 1. The zero-order valence-electron chi connectivity index (χ0n) is 17.0. The predicted molar refractivity (Wildman–Crippen MR) is 112 cm³/mol. The molecule has 2 amide bonds. The van der Waals surface area contributed by atoms with Crippen molar-refractivity contribution in [3.63, 3.8) is 0 Å². The molecule has 1 aromatic carbocycles. The first kappa shape index (κ1) is 20.1. The smallest absolute Gasteiger partial charge is 0.321 e. The Labute approximate surface area is 167 Å². The van der Waals surface area contributed by atoms with Crippen LogP contribution < -0.4 is 10.1 Å². The summed E-state index contributed by atoms with van der Waals surface area (Å²) >= 11 is 0. The number of carbonyl (C=O) groups excluding carboxylic acids is 1. The van der Waals surface area contributed by atoms with Gasteiger partial charge >= 0.3 is 6.03 Å². The van der Waals surface area contributed by atoms with E-state index in [9.17, 15) is 4.79 Å². The molecule has 150 valence electrons. The van der Waals surface area contributed by atoms with E-state index in [1.807, 2.05) is 31.3 Å². The highest BCUT2D eigenvalue weighted by atomic mass is 16.5. The maximum Gasteiger partial charge on any atom is 0.321 e. The van der Waals surface area contributed by atoms with Crippen molar-refractivity contribution < 1.29 is 9.53 Å². The van der Waals surface area contributed by atoms with Gasteiger partial charge in [0.25, 0.3) is 0 Å². The molecule has 1 saturated heterocycles. The normalized spacial score (nSPS) is 17.2. The summed E-state index contributed by atoms with van der Waals surface area (Å²) in [5, 5.41) is 2.91. The minimum Gasteiger partial charge on any atom is -0.439 e. The highest BCUT2D eigenvalue weighted by Crippen LogP contribution is 2.22. The number of piperidine rings is 1. The van der Waals surface area contributed by atoms with Gasteiger partial charge in [-0.2, -0.15) is 0 Å². The highest BCUT2D eigenvalue weighted by Gasteiger charge is 2.20. The van der Waals surface area contributed by atoms with E-state index in [1.54, 1.807) is 17.2 Å². The van der Waals surface area contributed by atoms with Crippen LogP contribution in [0.1, 0.15) is 25.3 Å². The molecule has 1 aliphatic rings. The Morgan fingerprint density at radius 1 is 1.36 bits per heavy atom. The number of anilines is 1. The number of aryl methyl sites for hydroxylation is 1. The number of nitrogens with zero attached hydrogens (tertiary/aromatic N) is 3. The van der Waals surface area contributed by atoms with Crippen molar-refractivity contribution in [3.8, 4) is 11.6 Å². The molecule has 1 N–H and O–H groups in total. The van der Waals surface area contributed by atoms with E-state index in [2.05, 4.69) is 35.2 Å². The second-order valence-corrected chi connectivity index (χ2v) is 7.57. The van der Waals surface area contributed by atoms with E-state index in [0.29, 0.717) is 17.5 Å². The molecule has 0 bridgehead atoms. The quantitative estimate of drug-likeness (QED) is 0.812. The van der Waals surface area contributed by atoms with Gasteiger partial charge in [-0.1, -0.05) is 19.1 Å². The lowest BCUT2D eigenvalue weighted by Gasteiger charge is -2.32. The van der Waals surface area contributed by atoms with Gasteiger partial charge in [0.1, 0.15) is 5.75 Å². The van der Waals surface area contributed by atoms with Crippen molar-refractivity contribution in [2.24, 2.45) is 5.92 Å². The largest absolute Gasteiger partial charge is 0.439 e. The van der Waals surface area contributed by atoms with Crippen LogP contribution in [0.2, 0.25) is 0 Å². The van der Waals surface area contributed by atoms with Gasteiger partial charge < -0.3 is 19.9 Å². The summed E-state index contributed by atoms with van der Waals surface area (Å²) in [6.45, 7) is 5.07. The molecule has 2 aromatic rings. The Morgan fingerprint density at radius 3 is 2.93 bits per heavy atom. The van der Waals surface area contributed by atoms with Gasteiger partial charge in [-0.3, -0.25) is 0 Å². The third-order valence-corrected chi connectivity index (χ3v) is 5.12. The van der Waals surface area contributed by atoms with Crippen LogP contribution in [-0.4, -0.2) is 54.5 Å². The molecular formula is C22H30N4O2. The fraction of sp³-hybridized carbons (Fsp3) is 0.455. The average molecular weight is 383 g/mol. The summed E-state index contributed by atoms with van der Waals surface area (Å²) < 4.78 is 5.80. The summed E-state index contributed by atoms with van der Waals surface area (Å²) in [7, 11) is 3.98. The molecule has 6 heteroatoms. The molecule has 0 spiro atoms. The number of ether oxygens (including phenoxy) is 1. The number of benzene rings is 1. The van der Waals surface area contributed by atoms with Crippen LogP contribution in [0.15, 0.2) is 42.6 Å². The van der Waals surface area contributed by atoms with Gasteiger partial charge in [-0.15, -0.1) is 0 Å². The first-order valence-electron chi connectivity index (χ1n) is 9.97. The van der Waals surface area contributed by atoms with Gasteiger partial charge in [0.05, 0.1) is 11.9 Å². The summed E-state index contributed by atoms with van der Waals surface area (Å²) in [5.41, 5.74) is 1.88. The van der Waals surface area contributed by atoms with Crippen molar-refractivity contribution >= 4 is 11.7 Å². The van der Waals surface area contributed by atoms with Crippen molar-refractivity contribution in [1.82, 2.24) is 14.8 Å². The van der Waals surface area contributed by atoms with Gasteiger partial charge in [0, 0.05) is 26.2 Å². The van der Waals surface area contributed by atoms with E-state index >= 15 is 0 Å². The van der Waals surface area contributed by atoms with Gasteiger partial charge in [0.15, 0.2) is 0 Å². The Bertz CT molecular complexity index is 778. The number of urea groups is 1. The average Bonchev–Trinajstić information content (AvgIpc) is 2.69. The number of rotatable bonds is 6. The predicted octanol–water partition coefficient (Wildman–Crippen LogP) is 4.24. The molecule has 0 aliphatic carbocycles. The van der Waals surface area contributed by atoms with Crippen molar-refractivity contribution in [3.05, 3.63) is 48.2 Å². The maximum atomic E-state index is 12.5. The van der Waals surface area contributed by atoms with Crippen LogP contribution in [-0.2, 0) is 6.42 Å². The number of hydrogen-bond acceptors (Lipinski definition) is 4. The fourth-order valence-electron chi connectivity index (χ4n) is 3.58. The summed E-state index contributed by atoms with van der Waals surface area (Å²) in [6.07, 6.45) is 4.96. The second-order valence-electron chi connectivity index (χ2n) is 7.57. The lowest BCUT2D eigenvalue weighted by molar-refractivity contribution is 0.170. The standard InChI is InChI=1S/C22H30N4O2/c1-4-17-7-5-9-20(13-17)28-21-11-10-19(14-23-21)24-22(27)26(3)16-18-8-6-12-25(2)15-18/h5,7,9-11,13-14,18H,4,6,8,12,15-16H2,1-3H3,(H,24,27). The molecule has 6 nitrogen and oxygen atoms in total. The van der Waals surface area contributed by atoms with Crippen molar-refractivity contribution in [1.29, 1.82) is 0 Å². The molecule has 2 heterocycles. The third-order valence-electron chi connectivity index (χ3n) is 5.12. The first-order chi connectivity index (χ1) is 13.5. The molecule has 1 aliphatic heterocycles. The number of aromatic nitrogens is 1. The third kappa shape index (κ3) is 5.70. The topological polar surface area (TPSA) is 57.7 Å². The zero-order valence-corrected chi connectivity index (χ0v) is 17.0. The second kappa shape index (κ2) is 9.55. The van der Waals surface area contributed by atoms with E-state index in [-0.39, 0.29) is 6.03 Å². The number of carbonyl (C=O) groups is 1. The van der Waals surface area contributed by atoms with Crippen LogP contribution in [0.3, 0.4) is 0 Å². The minimum atomic E-state index is -0.112. The van der Waals surface area contributed by atoms with E-state index < -0.39 is 0 Å². The molecule has 1 atom stereocenters. The van der Waals surface area contributed by atoms with Crippen LogP contribution in [0.5, 0.6) is 11.6 Å². The van der Waals surface area contributed by atoms with E-state index in [4.69, 9.17) is 4.74 Å². The number of nitrogens with one attached hydrogen (secondary N) is 1. The molecular weight excluding hydrogens is 352 g/mol. The Hall–Kier alpha value is -2.60. The highest BCUT2D eigenvalue weighted by molar-refractivity contribution is 5.88. The molecule has 3 rings (SSSR count). The summed E-state index contributed by atoms with van der Waals surface area (Å²) in [4.78, 5) is 20.8. The van der Waals surface area contributed by atoms with Crippen LogP contribution >= 0.6 is 0 Å². The van der Waals surface area contributed by atoms with Crippen molar-refractivity contribution in [2.45, 2.75) is 26.2 Å². The Balaban J connectivity index is 1.52. The van der Waals surface area contributed by atoms with E-state index in [1.165, 1.54) is 18.4 Å². The first-order valence-corrected chi connectivity index (χ1v) is 9.97. The monoisotopic (exact) mass is 382 g/mol. The lowest BCUT2D eigenvalue weighted by Crippen LogP contribution is -2.41. The SMILES string of the molecule is CCc1cccc(Oc2ccc(NC(=O)N(C)CC3CCCN(C)C3)cn2)c1. The number of amides is 2. The number of pyridine rings is 1. The maximum absolute atomic E-state index is 12.5. The molecule has 0 radical (unpaired) electrons. The van der Waals surface area contributed by atoms with Crippen LogP contribution in [0.25, 0.3) is 0 Å². The van der Waals surface area contributed by atoms with E-state index in [0.717, 1.165) is 31.8 Å². The number of likely N-dealkylation sites (tertiary alicyclic amines) is 1. The van der Waals surface area contributed by atoms with Crippen LogP contribution in [0.4, 0.5) is 10.5 Å². The van der Waals surface area contributed by atoms with Crippen LogP contribution in [0, 0.1) is 5.92 Å². The zero-order chi connectivity index (χ0) is 19.9. The Kier molecular flexibility index (Phi) is 6.87. The van der Waals surface area contributed by atoms with Gasteiger partial charge in [-0.05, 0) is 62.5 Å². The molecule has 1 unspecified atom stereocenters. The van der Waals surface area contributed by atoms with Gasteiger partial charge in [-0.25, -0.2) is 9.78 Å². The Morgan fingerprint density at radius 2 is 2.21 bits per heavy atom. The van der Waals surface area contributed by atoms with Gasteiger partial charge in [0.2, 0.25) is 5.88 Å². The molecule has 1 aromatic heterocycles. The summed E-state index contributed by atoms with van der Waals surface area (Å²) in [6, 6.07) is 11.4. The minimum absolute atomic E-state index is 0.112. The molecule has 28 heavy (non-hydrogen) atoms. The van der Waals surface area contributed by atoms with Crippen molar-refractivity contribution in [2.75, 3.05) is 39.0 Å².